The van der Waals surface area contributed by atoms with Crippen LogP contribution in [0.25, 0.3) is 0 Å². The molecule has 57 heavy (non-hydrogen) atoms. The van der Waals surface area contributed by atoms with Gasteiger partial charge >= 0.3 is 12.1 Å². The molecule has 9 unspecified atom stereocenters. The van der Waals surface area contributed by atoms with E-state index in [9.17, 15) is 33.9 Å². The SMILES string of the molecule is CCOC(=O)N(C)C(C(=O)NC(C(=O)N(C)C(C(C)CC)C(CC(=O)N1CCCC1C(OC)C(C)C(=O)NC(Cc1ccccc1)C(=O)O)OC)C(C)C)C(C)C. The monoisotopic (exact) mass is 804 g/mol. The van der Waals surface area contributed by atoms with Crippen LogP contribution in [0, 0.1) is 23.7 Å². The van der Waals surface area contributed by atoms with Crippen molar-refractivity contribution in [2.75, 3.05) is 41.5 Å². The normalized spacial score (nSPS) is 18.4. The van der Waals surface area contributed by atoms with E-state index < -0.39 is 72.2 Å². The van der Waals surface area contributed by atoms with Crippen LogP contribution in [-0.4, -0.2) is 139 Å². The van der Waals surface area contributed by atoms with Gasteiger partial charge in [-0.1, -0.05) is 85.2 Å². The predicted octanol–water partition coefficient (Wildman–Crippen LogP) is 3.97. The van der Waals surface area contributed by atoms with Crippen molar-refractivity contribution in [3.63, 3.8) is 0 Å². The molecule has 1 aliphatic rings. The number of nitrogens with zero attached hydrogens (tertiary/aromatic N) is 3. The minimum Gasteiger partial charge on any atom is -0.480 e. The number of methoxy groups -OCH3 is 2. The first kappa shape index (κ1) is 48.9. The second-order valence-electron chi connectivity index (χ2n) is 15.9. The van der Waals surface area contributed by atoms with Crippen LogP contribution >= 0.6 is 0 Å². The zero-order chi connectivity index (χ0) is 43.1. The van der Waals surface area contributed by atoms with Crippen molar-refractivity contribution >= 4 is 35.7 Å². The van der Waals surface area contributed by atoms with E-state index in [1.807, 2.05) is 59.7 Å². The highest BCUT2D eigenvalue weighted by molar-refractivity contribution is 5.92. The Morgan fingerprint density at radius 1 is 0.877 bits per heavy atom. The van der Waals surface area contributed by atoms with Gasteiger partial charge in [0.15, 0.2) is 0 Å². The third-order valence-electron chi connectivity index (χ3n) is 11.3. The molecule has 0 aliphatic carbocycles. The smallest absolute Gasteiger partial charge is 0.410 e. The van der Waals surface area contributed by atoms with Gasteiger partial charge in [-0.05, 0) is 43.1 Å². The predicted molar refractivity (Wildman–Crippen MR) is 216 cm³/mol. The summed E-state index contributed by atoms with van der Waals surface area (Å²) < 4.78 is 17.0. The summed E-state index contributed by atoms with van der Waals surface area (Å²) in [6.45, 7) is 15.2. The van der Waals surface area contributed by atoms with E-state index in [1.165, 1.54) is 26.2 Å². The van der Waals surface area contributed by atoms with Crippen LogP contribution in [0.3, 0.4) is 0 Å². The molecule has 15 heteroatoms. The second kappa shape index (κ2) is 23.2. The van der Waals surface area contributed by atoms with E-state index in [2.05, 4.69) is 10.6 Å². The number of carboxylic acid groups (broad SMARTS) is 1. The standard InChI is InChI=1S/C42H69N5O10/c1-13-27(7)36(45(9)40(51)34(25(3)4)44-39(50)35(26(5)6)46(10)42(54)57-14-2)32(55-11)24-33(48)47-22-18-21-31(47)37(56-12)28(8)38(49)43-30(41(52)53)23-29-19-16-15-17-20-29/h15-17,19-20,25-28,30-32,34-37H,13-14,18,21-24H2,1-12H3,(H,43,49)(H,44,50)(H,52,53). The van der Waals surface area contributed by atoms with Gasteiger partial charge in [0.25, 0.3) is 0 Å². The number of aliphatic carboxylic acids is 1. The van der Waals surface area contributed by atoms with Crippen molar-refractivity contribution in [3.05, 3.63) is 35.9 Å². The van der Waals surface area contributed by atoms with Gasteiger partial charge in [-0.3, -0.25) is 24.1 Å². The number of amides is 5. The molecule has 3 N–H and O–H groups in total. The summed E-state index contributed by atoms with van der Waals surface area (Å²) in [5.74, 6) is -4.19. The van der Waals surface area contributed by atoms with E-state index in [4.69, 9.17) is 14.2 Å². The lowest BCUT2D eigenvalue weighted by Crippen LogP contribution is -2.60. The van der Waals surface area contributed by atoms with E-state index in [1.54, 1.807) is 42.8 Å². The third-order valence-corrected chi connectivity index (χ3v) is 11.3. The number of ether oxygens (including phenoxy) is 3. The summed E-state index contributed by atoms with van der Waals surface area (Å²) in [6, 6.07) is 5.07. The Balaban J connectivity index is 2.29. The van der Waals surface area contributed by atoms with Crippen LogP contribution in [0.4, 0.5) is 4.79 Å². The Morgan fingerprint density at radius 2 is 1.51 bits per heavy atom. The van der Waals surface area contributed by atoms with Crippen LogP contribution in [-0.2, 0) is 44.6 Å². The van der Waals surface area contributed by atoms with Crippen molar-refractivity contribution in [2.24, 2.45) is 23.7 Å². The molecule has 0 radical (unpaired) electrons. The fraction of sp³-hybridized carbons (Fsp3) is 0.714. The van der Waals surface area contributed by atoms with E-state index in [-0.39, 0.29) is 49.0 Å². The minimum absolute atomic E-state index is 0.0622. The third kappa shape index (κ3) is 13.1. The van der Waals surface area contributed by atoms with Crippen LogP contribution in [0.2, 0.25) is 0 Å². The fourth-order valence-corrected chi connectivity index (χ4v) is 7.90. The summed E-state index contributed by atoms with van der Waals surface area (Å²) in [5.41, 5.74) is 0.771. The summed E-state index contributed by atoms with van der Waals surface area (Å²) in [5, 5.41) is 15.5. The lowest BCUT2D eigenvalue weighted by atomic mass is 9.89. The Bertz CT molecular complexity index is 1480. The van der Waals surface area contributed by atoms with E-state index in [0.717, 1.165) is 5.56 Å². The summed E-state index contributed by atoms with van der Waals surface area (Å²) >= 11 is 0. The van der Waals surface area contributed by atoms with Gasteiger partial charge in [-0.2, -0.15) is 0 Å². The van der Waals surface area contributed by atoms with Crippen molar-refractivity contribution in [1.82, 2.24) is 25.3 Å². The number of likely N-dealkylation sites (N-methyl/N-ethyl adjacent to an activating group) is 2. The average molecular weight is 804 g/mol. The number of hydrogen-bond acceptors (Lipinski definition) is 9. The number of benzene rings is 1. The molecule has 1 aromatic carbocycles. The summed E-state index contributed by atoms with van der Waals surface area (Å²) in [4.78, 5) is 85.0. The second-order valence-corrected chi connectivity index (χ2v) is 15.9. The molecule has 322 valence electrons. The van der Waals surface area contributed by atoms with Gasteiger partial charge in [0.1, 0.15) is 18.1 Å². The van der Waals surface area contributed by atoms with Gasteiger partial charge in [-0.25, -0.2) is 9.59 Å². The molecule has 1 fully saturated rings. The Morgan fingerprint density at radius 3 is 2.02 bits per heavy atom. The van der Waals surface area contributed by atoms with Crippen LogP contribution in [0.1, 0.15) is 86.6 Å². The molecule has 1 aromatic rings. The molecule has 0 aromatic heterocycles. The molecule has 2 rings (SSSR count). The van der Waals surface area contributed by atoms with Crippen molar-refractivity contribution in [2.45, 2.75) is 130 Å². The van der Waals surface area contributed by atoms with Gasteiger partial charge in [0.05, 0.1) is 43.2 Å². The van der Waals surface area contributed by atoms with E-state index in [0.29, 0.717) is 25.8 Å². The molecule has 1 aliphatic heterocycles. The largest absolute Gasteiger partial charge is 0.480 e. The minimum atomic E-state index is -1.15. The molecule has 15 nitrogen and oxygen atoms in total. The summed E-state index contributed by atoms with van der Waals surface area (Å²) in [6.07, 6.45) is -0.0960. The van der Waals surface area contributed by atoms with Gasteiger partial charge in [0, 0.05) is 41.3 Å². The highest BCUT2D eigenvalue weighted by Crippen LogP contribution is 2.30. The lowest BCUT2D eigenvalue weighted by Gasteiger charge is -2.41. The first-order chi connectivity index (χ1) is 26.9. The van der Waals surface area contributed by atoms with Crippen molar-refractivity contribution in [3.8, 4) is 0 Å². The topological polar surface area (TPSA) is 184 Å². The Labute approximate surface area is 339 Å². The quantitative estimate of drug-likeness (QED) is 0.155. The number of rotatable bonds is 22. The zero-order valence-electron chi connectivity index (χ0n) is 36.2. The molecule has 5 amide bonds. The molecular weight excluding hydrogens is 734 g/mol. The highest BCUT2D eigenvalue weighted by Gasteiger charge is 2.43. The Hall–Kier alpha value is -4.24. The Kier molecular flexibility index (Phi) is 19.9. The molecule has 1 heterocycles. The lowest BCUT2D eigenvalue weighted by molar-refractivity contribution is -0.148. The van der Waals surface area contributed by atoms with Gasteiger partial charge < -0.3 is 39.8 Å². The number of likely N-dealkylation sites (tertiary alicyclic amines) is 1. The molecule has 9 atom stereocenters. The molecule has 0 spiro atoms. The fourth-order valence-electron chi connectivity index (χ4n) is 7.90. The van der Waals surface area contributed by atoms with E-state index >= 15 is 0 Å². The van der Waals surface area contributed by atoms with Gasteiger partial charge in [0.2, 0.25) is 23.6 Å². The number of carbonyl (C=O) groups excluding carboxylic acids is 5. The van der Waals surface area contributed by atoms with Crippen LogP contribution < -0.4 is 10.6 Å². The molecule has 0 bridgehead atoms. The maximum atomic E-state index is 14.3. The maximum absolute atomic E-state index is 14.3. The molecule has 1 saturated heterocycles. The average Bonchev–Trinajstić information content (AvgIpc) is 3.66. The number of hydrogen-bond donors (Lipinski definition) is 3. The van der Waals surface area contributed by atoms with Gasteiger partial charge in [-0.15, -0.1) is 0 Å². The summed E-state index contributed by atoms with van der Waals surface area (Å²) in [7, 11) is 6.14. The first-order valence-electron chi connectivity index (χ1n) is 20.2. The zero-order valence-corrected chi connectivity index (χ0v) is 36.2. The first-order valence-corrected chi connectivity index (χ1v) is 20.2. The van der Waals surface area contributed by atoms with Crippen LogP contribution in [0.15, 0.2) is 30.3 Å². The number of carbonyl (C=O) groups is 6. The number of nitrogens with one attached hydrogen (secondary N) is 2. The van der Waals surface area contributed by atoms with Crippen LogP contribution in [0.5, 0.6) is 0 Å². The molecule has 0 saturated carbocycles. The van der Waals surface area contributed by atoms with Crippen molar-refractivity contribution in [1.29, 1.82) is 0 Å². The number of carboxylic acids is 1. The van der Waals surface area contributed by atoms with Crippen molar-refractivity contribution < 1.29 is 48.1 Å². The molecular formula is C42H69N5O10. The maximum Gasteiger partial charge on any atom is 0.410 e. The highest BCUT2D eigenvalue weighted by atomic mass is 16.6.